The molecule has 2 rings (SSSR count). The minimum absolute atomic E-state index is 0.231. The largest absolute Gasteiger partial charge is 0.496 e. The number of hydrogen-bond acceptors (Lipinski definition) is 2. The van der Waals surface area contributed by atoms with Crippen LogP contribution in [0.1, 0.15) is 48.5 Å². The molecule has 0 saturated heterocycles. The second-order valence-corrected chi connectivity index (χ2v) is 5.51. The predicted molar refractivity (Wildman–Crippen MR) is 73.2 cm³/mol. The molecule has 1 fully saturated rings. The molecule has 0 heterocycles. The number of ether oxygens (including phenoxy) is 1. The normalized spacial score (nSPS) is 23.7. The first-order chi connectivity index (χ1) is 8.61. The van der Waals surface area contributed by atoms with Gasteiger partial charge in [0.15, 0.2) is 5.78 Å². The highest BCUT2D eigenvalue weighted by Gasteiger charge is 2.25. The summed E-state index contributed by atoms with van der Waals surface area (Å²) in [5.41, 5.74) is 1.88. The van der Waals surface area contributed by atoms with Gasteiger partial charge in [-0.2, -0.15) is 0 Å². The molecular weight excluding hydrogens is 224 g/mol. The van der Waals surface area contributed by atoms with Crippen LogP contribution in [0.2, 0.25) is 0 Å². The number of aryl methyl sites for hydroxylation is 1. The van der Waals surface area contributed by atoms with Crippen LogP contribution in [0.4, 0.5) is 0 Å². The fourth-order valence-electron chi connectivity index (χ4n) is 2.79. The number of benzene rings is 1. The Kier molecular flexibility index (Phi) is 4.05. The van der Waals surface area contributed by atoms with Gasteiger partial charge in [0.1, 0.15) is 5.75 Å². The van der Waals surface area contributed by atoms with Gasteiger partial charge in [0.25, 0.3) is 0 Å². The van der Waals surface area contributed by atoms with Gasteiger partial charge in [-0.25, -0.2) is 0 Å². The molecule has 98 valence electrons. The van der Waals surface area contributed by atoms with Gasteiger partial charge in [0.2, 0.25) is 0 Å². The quantitative estimate of drug-likeness (QED) is 0.753. The molecule has 0 unspecified atom stereocenters. The first-order valence-corrected chi connectivity index (χ1v) is 6.80. The van der Waals surface area contributed by atoms with Crippen molar-refractivity contribution in [2.75, 3.05) is 7.11 Å². The van der Waals surface area contributed by atoms with Crippen LogP contribution in [0.15, 0.2) is 18.2 Å². The van der Waals surface area contributed by atoms with Crippen LogP contribution in [0, 0.1) is 18.8 Å². The average molecular weight is 246 g/mol. The highest BCUT2D eigenvalue weighted by Crippen LogP contribution is 2.31. The van der Waals surface area contributed by atoms with Gasteiger partial charge < -0.3 is 4.74 Å². The van der Waals surface area contributed by atoms with E-state index in [0.29, 0.717) is 5.78 Å². The molecule has 0 bridgehead atoms. The standard InChI is InChI=1S/C16H22O2/c1-11-4-6-13(7-5-11)16(17)14-8-9-15(18-3)12(2)10-14/h8-11,13H,4-7H2,1-3H3. The van der Waals surface area contributed by atoms with E-state index in [1.165, 1.54) is 12.8 Å². The van der Waals surface area contributed by atoms with Crippen molar-refractivity contribution in [3.05, 3.63) is 29.3 Å². The number of carbonyl (C=O) groups excluding carboxylic acids is 1. The lowest BCUT2D eigenvalue weighted by Gasteiger charge is -2.25. The van der Waals surface area contributed by atoms with Crippen LogP contribution in [-0.2, 0) is 0 Å². The fraction of sp³-hybridized carbons (Fsp3) is 0.562. The van der Waals surface area contributed by atoms with Gasteiger partial charge in [-0.15, -0.1) is 0 Å². The first-order valence-electron chi connectivity index (χ1n) is 6.80. The molecule has 0 radical (unpaired) electrons. The van der Waals surface area contributed by atoms with E-state index in [2.05, 4.69) is 6.92 Å². The van der Waals surface area contributed by atoms with Crippen LogP contribution in [0.5, 0.6) is 5.75 Å². The minimum Gasteiger partial charge on any atom is -0.496 e. The fourth-order valence-corrected chi connectivity index (χ4v) is 2.79. The van der Waals surface area contributed by atoms with Crippen molar-refractivity contribution in [1.82, 2.24) is 0 Å². The molecule has 2 nitrogen and oxygen atoms in total. The summed E-state index contributed by atoms with van der Waals surface area (Å²) in [5.74, 6) is 2.18. The lowest BCUT2D eigenvalue weighted by atomic mass is 9.79. The van der Waals surface area contributed by atoms with E-state index in [1.807, 2.05) is 25.1 Å². The predicted octanol–water partition coefficient (Wildman–Crippen LogP) is 4.01. The lowest BCUT2D eigenvalue weighted by molar-refractivity contribution is 0.0875. The molecule has 18 heavy (non-hydrogen) atoms. The molecule has 2 heteroatoms. The van der Waals surface area contributed by atoms with Gasteiger partial charge in [0, 0.05) is 11.5 Å². The average Bonchev–Trinajstić information content (AvgIpc) is 2.38. The Hall–Kier alpha value is -1.31. The van der Waals surface area contributed by atoms with Crippen LogP contribution in [-0.4, -0.2) is 12.9 Å². The van der Waals surface area contributed by atoms with Crippen LogP contribution in [0.3, 0.4) is 0 Å². The number of Topliss-reactive ketones (excluding diaryl/α,β-unsaturated/α-hetero) is 1. The number of carbonyl (C=O) groups is 1. The maximum Gasteiger partial charge on any atom is 0.165 e. The summed E-state index contributed by atoms with van der Waals surface area (Å²) in [7, 11) is 1.66. The maximum atomic E-state index is 12.4. The van der Waals surface area contributed by atoms with E-state index in [0.717, 1.165) is 35.6 Å². The van der Waals surface area contributed by atoms with Crippen molar-refractivity contribution in [3.8, 4) is 5.75 Å². The number of methoxy groups -OCH3 is 1. The number of rotatable bonds is 3. The summed E-state index contributed by atoms with van der Waals surface area (Å²) in [4.78, 5) is 12.4. The van der Waals surface area contributed by atoms with Crippen molar-refractivity contribution >= 4 is 5.78 Å². The zero-order valence-electron chi connectivity index (χ0n) is 11.5. The van der Waals surface area contributed by atoms with Crippen molar-refractivity contribution < 1.29 is 9.53 Å². The summed E-state index contributed by atoms with van der Waals surface area (Å²) in [5, 5.41) is 0. The van der Waals surface area contributed by atoms with Crippen LogP contribution in [0.25, 0.3) is 0 Å². The Balaban J connectivity index is 2.11. The van der Waals surface area contributed by atoms with E-state index in [1.54, 1.807) is 7.11 Å². The van der Waals surface area contributed by atoms with E-state index in [9.17, 15) is 4.79 Å². The summed E-state index contributed by atoms with van der Waals surface area (Å²) in [6, 6.07) is 5.75. The summed E-state index contributed by atoms with van der Waals surface area (Å²) >= 11 is 0. The Labute approximate surface area is 109 Å². The minimum atomic E-state index is 0.231. The van der Waals surface area contributed by atoms with Gasteiger partial charge >= 0.3 is 0 Å². The summed E-state index contributed by atoms with van der Waals surface area (Å²) in [6.07, 6.45) is 4.47. The Morgan fingerprint density at radius 1 is 1.22 bits per heavy atom. The Morgan fingerprint density at radius 3 is 2.44 bits per heavy atom. The molecule has 1 aromatic rings. The monoisotopic (exact) mass is 246 g/mol. The van der Waals surface area contributed by atoms with E-state index in [4.69, 9.17) is 4.74 Å². The molecule has 0 amide bonds. The molecule has 0 atom stereocenters. The number of hydrogen-bond donors (Lipinski definition) is 0. The molecule has 1 aromatic carbocycles. The molecule has 1 aliphatic rings. The van der Waals surface area contributed by atoms with Crippen molar-refractivity contribution in [3.63, 3.8) is 0 Å². The zero-order valence-corrected chi connectivity index (χ0v) is 11.5. The second kappa shape index (κ2) is 5.55. The smallest absolute Gasteiger partial charge is 0.165 e. The maximum absolute atomic E-state index is 12.4. The van der Waals surface area contributed by atoms with E-state index >= 15 is 0 Å². The molecule has 0 spiro atoms. The molecule has 0 aliphatic heterocycles. The topological polar surface area (TPSA) is 26.3 Å². The molecule has 1 saturated carbocycles. The van der Waals surface area contributed by atoms with E-state index < -0.39 is 0 Å². The van der Waals surface area contributed by atoms with Crippen molar-refractivity contribution in [2.45, 2.75) is 39.5 Å². The van der Waals surface area contributed by atoms with Crippen LogP contribution >= 0.6 is 0 Å². The van der Waals surface area contributed by atoms with E-state index in [-0.39, 0.29) is 5.92 Å². The van der Waals surface area contributed by atoms with Gasteiger partial charge in [-0.3, -0.25) is 4.79 Å². The number of ketones is 1. The zero-order chi connectivity index (χ0) is 13.1. The van der Waals surface area contributed by atoms with Crippen molar-refractivity contribution in [1.29, 1.82) is 0 Å². The van der Waals surface area contributed by atoms with Gasteiger partial charge in [-0.05, 0) is 49.4 Å². The summed E-state index contributed by atoms with van der Waals surface area (Å²) in [6.45, 7) is 4.26. The SMILES string of the molecule is COc1ccc(C(=O)C2CCC(C)CC2)cc1C. The lowest BCUT2D eigenvalue weighted by Crippen LogP contribution is -2.21. The third-order valence-electron chi connectivity index (χ3n) is 4.07. The highest BCUT2D eigenvalue weighted by molar-refractivity contribution is 5.98. The molecule has 0 N–H and O–H groups in total. The Morgan fingerprint density at radius 2 is 1.89 bits per heavy atom. The second-order valence-electron chi connectivity index (χ2n) is 5.51. The van der Waals surface area contributed by atoms with Crippen molar-refractivity contribution in [2.24, 2.45) is 11.8 Å². The summed E-state index contributed by atoms with van der Waals surface area (Å²) < 4.78 is 5.23. The Bertz CT molecular complexity index is 429. The molecule has 0 aromatic heterocycles. The molecule has 1 aliphatic carbocycles. The third-order valence-corrected chi connectivity index (χ3v) is 4.07. The van der Waals surface area contributed by atoms with Gasteiger partial charge in [-0.1, -0.05) is 19.8 Å². The third kappa shape index (κ3) is 2.74. The molecular formula is C16H22O2. The van der Waals surface area contributed by atoms with Crippen LogP contribution < -0.4 is 4.74 Å². The highest BCUT2D eigenvalue weighted by atomic mass is 16.5. The first kappa shape index (κ1) is 13.1. The van der Waals surface area contributed by atoms with Gasteiger partial charge in [0.05, 0.1) is 7.11 Å².